The highest BCUT2D eigenvalue weighted by atomic mass is 16.2. The lowest BCUT2D eigenvalue weighted by molar-refractivity contribution is -0.131. The topological polar surface area (TPSA) is 55.2 Å². The summed E-state index contributed by atoms with van der Waals surface area (Å²) >= 11 is 0. The predicted octanol–water partition coefficient (Wildman–Crippen LogP) is 3.03. The number of hydrogen-bond acceptors (Lipinski definition) is 3. The highest BCUT2D eigenvalue weighted by molar-refractivity contribution is 5.96. The van der Waals surface area contributed by atoms with Crippen LogP contribution in [0.4, 0.5) is 0 Å². The number of pyridine rings is 2. The summed E-state index contributed by atoms with van der Waals surface area (Å²) in [5.74, 6) is 0.712. The third kappa shape index (κ3) is 2.65. The Morgan fingerprint density at radius 3 is 2.89 bits per heavy atom. The molecule has 0 unspecified atom stereocenters. The number of nitrogens with zero attached hydrogens (tertiary/aromatic N) is 3. The number of benzene rings is 1. The third-order valence-corrected chi connectivity index (χ3v) is 6.00. The molecular formula is C22H21N3O2. The molecule has 2 atom stereocenters. The minimum absolute atomic E-state index is 0.0503. The van der Waals surface area contributed by atoms with Crippen molar-refractivity contribution in [1.82, 2.24) is 14.5 Å². The lowest BCUT2D eigenvalue weighted by Crippen LogP contribution is -2.48. The van der Waals surface area contributed by atoms with E-state index in [1.165, 1.54) is 0 Å². The summed E-state index contributed by atoms with van der Waals surface area (Å²) in [5, 5.41) is 2.16. The molecule has 0 spiro atoms. The van der Waals surface area contributed by atoms with Gasteiger partial charge in [-0.15, -0.1) is 0 Å². The summed E-state index contributed by atoms with van der Waals surface area (Å²) in [7, 11) is 0. The Balaban J connectivity index is 1.66. The van der Waals surface area contributed by atoms with Gasteiger partial charge in [-0.05, 0) is 41.0 Å². The van der Waals surface area contributed by atoms with Gasteiger partial charge in [0.05, 0.1) is 0 Å². The Kier molecular flexibility index (Phi) is 3.64. The molecule has 2 aliphatic rings. The molecule has 1 fully saturated rings. The number of carbonyl (C=O) groups excluding carboxylic acids is 1. The zero-order chi connectivity index (χ0) is 18.5. The van der Waals surface area contributed by atoms with Crippen LogP contribution in [0.15, 0.2) is 53.6 Å². The second kappa shape index (κ2) is 6.05. The Labute approximate surface area is 157 Å². The van der Waals surface area contributed by atoms with Crippen molar-refractivity contribution in [3.63, 3.8) is 0 Å². The molecule has 4 heterocycles. The smallest absolute Gasteiger partial charge is 0.251 e. The van der Waals surface area contributed by atoms with Gasteiger partial charge in [-0.1, -0.05) is 18.2 Å². The van der Waals surface area contributed by atoms with Crippen molar-refractivity contribution in [3.05, 3.63) is 64.8 Å². The van der Waals surface area contributed by atoms with Crippen molar-refractivity contribution >= 4 is 16.7 Å². The highest BCUT2D eigenvalue weighted by Gasteiger charge is 2.35. The van der Waals surface area contributed by atoms with Gasteiger partial charge < -0.3 is 9.47 Å². The van der Waals surface area contributed by atoms with Gasteiger partial charge in [0.25, 0.3) is 5.56 Å². The summed E-state index contributed by atoms with van der Waals surface area (Å²) in [4.78, 5) is 31.0. The van der Waals surface area contributed by atoms with Crippen LogP contribution in [0.25, 0.3) is 21.9 Å². The van der Waals surface area contributed by atoms with Gasteiger partial charge in [0.2, 0.25) is 5.91 Å². The SMILES string of the molecule is CC(=O)N1C[C@@H]2C[C@H](C1)c1cc(-c3cccc4ccncc34)cc(=O)n1C2. The molecule has 0 aliphatic carbocycles. The maximum absolute atomic E-state index is 12.9. The minimum Gasteiger partial charge on any atom is -0.342 e. The molecule has 5 heteroatoms. The number of aromatic nitrogens is 2. The zero-order valence-electron chi connectivity index (χ0n) is 15.3. The van der Waals surface area contributed by atoms with E-state index in [0.29, 0.717) is 19.0 Å². The van der Waals surface area contributed by atoms with Crippen molar-refractivity contribution in [2.75, 3.05) is 13.1 Å². The van der Waals surface area contributed by atoms with Gasteiger partial charge in [0.15, 0.2) is 0 Å². The molecule has 0 radical (unpaired) electrons. The molecule has 136 valence electrons. The lowest BCUT2D eigenvalue weighted by Gasteiger charge is -2.42. The first-order chi connectivity index (χ1) is 13.1. The van der Waals surface area contributed by atoms with Crippen LogP contribution in [0.3, 0.4) is 0 Å². The molecule has 27 heavy (non-hydrogen) atoms. The fourth-order valence-corrected chi connectivity index (χ4v) is 4.74. The summed E-state index contributed by atoms with van der Waals surface area (Å²) in [6.07, 6.45) is 4.69. The number of carbonyl (C=O) groups is 1. The Hall–Kier alpha value is -2.95. The highest BCUT2D eigenvalue weighted by Crippen LogP contribution is 2.37. The fourth-order valence-electron chi connectivity index (χ4n) is 4.74. The molecular weight excluding hydrogens is 338 g/mol. The van der Waals surface area contributed by atoms with E-state index in [0.717, 1.165) is 40.6 Å². The Morgan fingerprint density at radius 2 is 2.04 bits per heavy atom. The van der Waals surface area contributed by atoms with Gasteiger partial charge in [-0.2, -0.15) is 0 Å². The van der Waals surface area contributed by atoms with E-state index in [1.54, 1.807) is 19.2 Å². The van der Waals surface area contributed by atoms with Crippen LogP contribution in [0.2, 0.25) is 0 Å². The molecule has 2 bridgehead atoms. The zero-order valence-corrected chi connectivity index (χ0v) is 15.3. The second-order valence-electron chi connectivity index (χ2n) is 7.74. The van der Waals surface area contributed by atoms with E-state index in [1.807, 2.05) is 33.9 Å². The summed E-state index contributed by atoms with van der Waals surface area (Å²) in [5.41, 5.74) is 3.07. The van der Waals surface area contributed by atoms with Crippen LogP contribution in [-0.2, 0) is 11.3 Å². The van der Waals surface area contributed by atoms with Crippen LogP contribution in [-0.4, -0.2) is 33.4 Å². The first-order valence-corrected chi connectivity index (χ1v) is 9.43. The van der Waals surface area contributed by atoms with E-state index in [9.17, 15) is 9.59 Å². The van der Waals surface area contributed by atoms with Crippen molar-refractivity contribution in [2.24, 2.45) is 5.92 Å². The summed E-state index contributed by atoms with van der Waals surface area (Å²) < 4.78 is 1.92. The third-order valence-electron chi connectivity index (χ3n) is 6.00. The number of likely N-dealkylation sites (tertiary alicyclic amines) is 1. The number of hydrogen-bond donors (Lipinski definition) is 0. The average molecular weight is 359 g/mol. The first kappa shape index (κ1) is 16.2. The predicted molar refractivity (Wildman–Crippen MR) is 105 cm³/mol. The molecule has 0 N–H and O–H groups in total. The minimum atomic E-state index is 0.0503. The number of fused-ring (bicyclic) bond motifs is 5. The Bertz CT molecular complexity index is 1110. The van der Waals surface area contributed by atoms with Gasteiger partial charge in [0, 0.05) is 62.0 Å². The van der Waals surface area contributed by atoms with Crippen LogP contribution < -0.4 is 5.56 Å². The molecule has 5 rings (SSSR count). The molecule has 3 aromatic rings. The van der Waals surface area contributed by atoms with Gasteiger partial charge in [-0.25, -0.2) is 0 Å². The number of piperidine rings is 1. The molecule has 2 aromatic heterocycles. The molecule has 1 aromatic carbocycles. The monoisotopic (exact) mass is 359 g/mol. The molecule has 5 nitrogen and oxygen atoms in total. The van der Waals surface area contributed by atoms with Gasteiger partial charge in [0.1, 0.15) is 0 Å². The quantitative estimate of drug-likeness (QED) is 0.671. The van der Waals surface area contributed by atoms with Gasteiger partial charge >= 0.3 is 0 Å². The van der Waals surface area contributed by atoms with E-state index in [4.69, 9.17) is 0 Å². The second-order valence-corrected chi connectivity index (χ2v) is 7.74. The van der Waals surface area contributed by atoms with Crippen LogP contribution >= 0.6 is 0 Å². The largest absolute Gasteiger partial charge is 0.342 e. The average Bonchev–Trinajstić information content (AvgIpc) is 2.68. The summed E-state index contributed by atoms with van der Waals surface area (Å²) in [6, 6.07) is 12.0. The first-order valence-electron chi connectivity index (χ1n) is 9.43. The van der Waals surface area contributed by atoms with E-state index in [2.05, 4.69) is 17.1 Å². The van der Waals surface area contributed by atoms with E-state index < -0.39 is 0 Å². The maximum atomic E-state index is 12.9. The fraction of sp³-hybridized carbons (Fsp3) is 0.318. The van der Waals surface area contributed by atoms with Crippen LogP contribution in [0, 0.1) is 5.92 Å². The van der Waals surface area contributed by atoms with Crippen molar-refractivity contribution in [2.45, 2.75) is 25.8 Å². The van der Waals surface area contributed by atoms with Crippen LogP contribution in [0.5, 0.6) is 0 Å². The molecule has 1 amide bonds. The lowest BCUT2D eigenvalue weighted by atomic mass is 9.82. The standard InChI is InChI=1S/C22H21N3O2/c1-14(26)24-11-15-7-18(13-24)21-8-17(9-22(27)25(21)12-15)19-4-2-3-16-5-6-23-10-20(16)19/h2-6,8-10,15,18H,7,11-13H2,1H3/t15-,18+/m0/s1. The summed E-state index contributed by atoms with van der Waals surface area (Å²) in [6.45, 7) is 3.79. The van der Waals surface area contributed by atoms with Crippen LogP contribution in [0.1, 0.15) is 25.0 Å². The maximum Gasteiger partial charge on any atom is 0.251 e. The number of rotatable bonds is 1. The molecule has 2 aliphatic heterocycles. The molecule has 1 saturated heterocycles. The van der Waals surface area contributed by atoms with Crippen molar-refractivity contribution in [1.29, 1.82) is 0 Å². The Morgan fingerprint density at radius 1 is 1.15 bits per heavy atom. The number of amides is 1. The molecule has 0 saturated carbocycles. The van der Waals surface area contributed by atoms with Crippen molar-refractivity contribution in [3.8, 4) is 11.1 Å². The normalized spacial score (nSPS) is 21.1. The van der Waals surface area contributed by atoms with Crippen molar-refractivity contribution < 1.29 is 4.79 Å². The van der Waals surface area contributed by atoms with Gasteiger partial charge in [-0.3, -0.25) is 14.6 Å². The van der Waals surface area contributed by atoms with E-state index in [-0.39, 0.29) is 17.4 Å². The van der Waals surface area contributed by atoms with E-state index >= 15 is 0 Å².